The summed E-state index contributed by atoms with van der Waals surface area (Å²) in [6, 6.07) is 0.483. The van der Waals surface area contributed by atoms with Crippen molar-refractivity contribution in [3.63, 3.8) is 0 Å². The average molecular weight is 508 g/mol. The van der Waals surface area contributed by atoms with Gasteiger partial charge in [0.1, 0.15) is 0 Å². The first kappa shape index (κ1) is 25.1. The van der Waals surface area contributed by atoms with Crippen molar-refractivity contribution in [2.24, 2.45) is 10.9 Å². The second kappa shape index (κ2) is 13.3. The lowest BCUT2D eigenvalue weighted by atomic mass is 10.0. The van der Waals surface area contributed by atoms with Gasteiger partial charge < -0.3 is 19.9 Å². The highest BCUT2D eigenvalue weighted by Crippen LogP contribution is 2.13. The van der Waals surface area contributed by atoms with E-state index in [1.807, 2.05) is 0 Å². The van der Waals surface area contributed by atoms with Gasteiger partial charge in [0.05, 0.1) is 13.2 Å². The highest BCUT2D eigenvalue weighted by atomic mass is 127. The Morgan fingerprint density at radius 1 is 1.18 bits per heavy atom. The second-order valence-corrected chi connectivity index (χ2v) is 7.76. The smallest absolute Gasteiger partial charge is 0.228 e. The summed E-state index contributed by atoms with van der Waals surface area (Å²) in [7, 11) is 1.80. The average Bonchev–Trinajstić information content (AvgIpc) is 3.13. The normalized spacial score (nSPS) is 16.9. The van der Waals surface area contributed by atoms with E-state index in [-0.39, 0.29) is 29.9 Å². The summed E-state index contributed by atoms with van der Waals surface area (Å²) in [5.41, 5.74) is 0. The van der Waals surface area contributed by atoms with Crippen LogP contribution in [0.15, 0.2) is 9.52 Å². The van der Waals surface area contributed by atoms with E-state index in [9.17, 15) is 0 Å². The molecule has 0 bridgehead atoms. The molecule has 2 heterocycles. The number of nitrogens with zero attached hydrogens (tertiary/aromatic N) is 4. The minimum absolute atomic E-state index is 0. The third-order valence-corrected chi connectivity index (χ3v) is 4.67. The van der Waals surface area contributed by atoms with Gasteiger partial charge in [0.2, 0.25) is 5.89 Å². The summed E-state index contributed by atoms with van der Waals surface area (Å²) in [4.78, 5) is 11.3. The van der Waals surface area contributed by atoms with E-state index in [1.165, 1.54) is 0 Å². The van der Waals surface area contributed by atoms with Crippen LogP contribution in [0.4, 0.5) is 0 Å². The second-order valence-electron chi connectivity index (χ2n) is 7.76. The molecule has 1 atom stereocenters. The van der Waals surface area contributed by atoms with Gasteiger partial charge in [-0.2, -0.15) is 4.98 Å². The molecule has 1 fully saturated rings. The standard InChI is InChI=1S/C19H36N6O2.HI/c1-14(2)12-16(25-8-10-26-11-9-25)13-22-19(20-5)21-7-6-17-23-18(15(3)4)24-27-17;/h14-16H,6-13H2,1-5H3,(H2,20,21,22);1H. The van der Waals surface area contributed by atoms with Gasteiger partial charge in [-0.1, -0.05) is 32.9 Å². The summed E-state index contributed by atoms with van der Waals surface area (Å²) in [5, 5.41) is 10.8. The summed E-state index contributed by atoms with van der Waals surface area (Å²) in [6.45, 7) is 13.9. The number of aromatic nitrogens is 2. The van der Waals surface area contributed by atoms with E-state index in [0.29, 0.717) is 30.8 Å². The first-order chi connectivity index (χ1) is 13.0. The number of halogens is 1. The zero-order chi connectivity index (χ0) is 19.6. The summed E-state index contributed by atoms with van der Waals surface area (Å²) in [5.74, 6) is 3.16. The molecule has 0 saturated carbocycles. The Bertz CT molecular complexity index is 573. The van der Waals surface area contributed by atoms with Gasteiger partial charge in [-0.15, -0.1) is 24.0 Å². The van der Waals surface area contributed by atoms with E-state index in [1.54, 1.807) is 7.05 Å². The van der Waals surface area contributed by atoms with E-state index in [2.05, 4.69) is 58.4 Å². The minimum atomic E-state index is 0. The van der Waals surface area contributed by atoms with Crippen molar-refractivity contribution in [3.05, 3.63) is 11.7 Å². The van der Waals surface area contributed by atoms with Crippen LogP contribution in [0.5, 0.6) is 0 Å². The van der Waals surface area contributed by atoms with Crippen molar-refractivity contribution in [3.8, 4) is 0 Å². The molecular weight excluding hydrogens is 471 g/mol. The fraction of sp³-hybridized carbons (Fsp3) is 0.842. The highest BCUT2D eigenvalue weighted by molar-refractivity contribution is 14.0. The van der Waals surface area contributed by atoms with Gasteiger partial charge in [-0.05, 0) is 12.3 Å². The molecule has 162 valence electrons. The highest BCUT2D eigenvalue weighted by Gasteiger charge is 2.22. The molecule has 9 heteroatoms. The molecule has 28 heavy (non-hydrogen) atoms. The minimum Gasteiger partial charge on any atom is -0.379 e. The van der Waals surface area contributed by atoms with Gasteiger partial charge in [0.25, 0.3) is 0 Å². The lowest BCUT2D eigenvalue weighted by Gasteiger charge is -2.35. The van der Waals surface area contributed by atoms with Crippen molar-refractivity contribution >= 4 is 29.9 Å². The molecule has 0 amide bonds. The van der Waals surface area contributed by atoms with Crippen molar-refractivity contribution in [1.82, 2.24) is 25.7 Å². The Hall–Kier alpha value is -0.940. The van der Waals surface area contributed by atoms with Crippen molar-refractivity contribution in [2.45, 2.75) is 52.5 Å². The SMILES string of the molecule is CN=C(NCCc1nc(C(C)C)no1)NCC(CC(C)C)N1CCOCC1.I. The number of hydrogen-bond acceptors (Lipinski definition) is 6. The Balaban J connectivity index is 0.00000392. The van der Waals surface area contributed by atoms with Gasteiger partial charge in [0, 0.05) is 51.6 Å². The number of morpholine rings is 1. The van der Waals surface area contributed by atoms with E-state index < -0.39 is 0 Å². The Morgan fingerprint density at radius 2 is 1.89 bits per heavy atom. The van der Waals surface area contributed by atoms with Crippen molar-refractivity contribution in [1.29, 1.82) is 0 Å². The molecule has 0 aromatic carbocycles. The topological polar surface area (TPSA) is 87.8 Å². The van der Waals surface area contributed by atoms with Crippen LogP contribution in [0.25, 0.3) is 0 Å². The Labute approximate surface area is 186 Å². The largest absolute Gasteiger partial charge is 0.379 e. The zero-order valence-electron chi connectivity index (χ0n) is 17.9. The van der Waals surface area contributed by atoms with Crippen LogP contribution >= 0.6 is 24.0 Å². The monoisotopic (exact) mass is 508 g/mol. The molecule has 1 aliphatic heterocycles. The number of guanidine groups is 1. The van der Waals surface area contributed by atoms with E-state index >= 15 is 0 Å². The van der Waals surface area contributed by atoms with E-state index in [0.717, 1.165) is 51.1 Å². The van der Waals surface area contributed by atoms with Crippen LogP contribution in [0.3, 0.4) is 0 Å². The maximum Gasteiger partial charge on any atom is 0.228 e. The molecule has 8 nitrogen and oxygen atoms in total. The summed E-state index contributed by atoms with van der Waals surface area (Å²) in [6.07, 6.45) is 1.84. The number of aliphatic imine (C=N–C) groups is 1. The maximum atomic E-state index is 5.50. The predicted octanol–water partition coefficient (Wildman–Crippen LogP) is 2.27. The fourth-order valence-corrected chi connectivity index (χ4v) is 3.18. The lowest BCUT2D eigenvalue weighted by Crippen LogP contribution is -2.51. The zero-order valence-corrected chi connectivity index (χ0v) is 20.2. The molecule has 1 aliphatic rings. The van der Waals surface area contributed by atoms with Crippen molar-refractivity contribution < 1.29 is 9.26 Å². The number of nitrogens with one attached hydrogen (secondary N) is 2. The lowest BCUT2D eigenvalue weighted by molar-refractivity contribution is 0.0132. The molecule has 0 radical (unpaired) electrons. The quantitative estimate of drug-likeness (QED) is 0.301. The molecule has 0 spiro atoms. The third kappa shape index (κ3) is 8.60. The summed E-state index contributed by atoms with van der Waals surface area (Å²) >= 11 is 0. The van der Waals surface area contributed by atoms with Crippen LogP contribution in [0, 0.1) is 5.92 Å². The Morgan fingerprint density at radius 3 is 2.46 bits per heavy atom. The number of rotatable bonds is 9. The third-order valence-electron chi connectivity index (χ3n) is 4.67. The molecule has 0 aliphatic carbocycles. The van der Waals surface area contributed by atoms with Gasteiger partial charge in [-0.3, -0.25) is 9.89 Å². The fourth-order valence-electron chi connectivity index (χ4n) is 3.18. The van der Waals surface area contributed by atoms with Crippen LogP contribution in [0.2, 0.25) is 0 Å². The number of ether oxygens (including phenoxy) is 1. The van der Waals surface area contributed by atoms with Crippen LogP contribution in [-0.2, 0) is 11.2 Å². The molecule has 1 aromatic rings. The molecule has 1 saturated heterocycles. The van der Waals surface area contributed by atoms with Crippen LogP contribution < -0.4 is 10.6 Å². The number of hydrogen-bond donors (Lipinski definition) is 2. The molecular formula is C19H37IN6O2. The van der Waals surface area contributed by atoms with Gasteiger partial charge >= 0.3 is 0 Å². The maximum absolute atomic E-state index is 5.50. The van der Waals surface area contributed by atoms with E-state index in [4.69, 9.17) is 9.26 Å². The molecule has 2 rings (SSSR count). The molecule has 1 unspecified atom stereocenters. The van der Waals surface area contributed by atoms with Gasteiger partial charge in [0.15, 0.2) is 11.8 Å². The van der Waals surface area contributed by atoms with Crippen LogP contribution in [0.1, 0.15) is 51.7 Å². The first-order valence-electron chi connectivity index (χ1n) is 10.1. The molecule has 1 aromatic heterocycles. The van der Waals surface area contributed by atoms with Crippen LogP contribution in [-0.4, -0.2) is 73.5 Å². The van der Waals surface area contributed by atoms with Crippen molar-refractivity contribution in [2.75, 3.05) is 46.4 Å². The first-order valence-corrected chi connectivity index (χ1v) is 10.1. The van der Waals surface area contributed by atoms with Gasteiger partial charge in [-0.25, -0.2) is 0 Å². The molecule has 2 N–H and O–H groups in total. The summed E-state index contributed by atoms with van der Waals surface area (Å²) < 4.78 is 10.8. The Kier molecular flexibility index (Phi) is 11.9. The predicted molar refractivity (Wildman–Crippen MR) is 123 cm³/mol.